The lowest BCUT2D eigenvalue weighted by Crippen LogP contribution is -2.43. The van der Waals surface area contributed by atoms with Crippen molar-refractivity contribution in [3.8, 4) is 0 Å². The first-order chi connectivity index (χ1) is 11.8. The molecule has 0 bridgehead atoms. The van der Waals surface area contributed by atoms with Crippen LogP contribution in [0.3, 0.4) is 0 Å². The summed E-state index contributed by atoms with van der Waals surface area (Å²) >= 11 is 15.7. The van der Waals surface area contributed by atoms with E-state index < -0.39 is 5.41 Å². The molecule has 0 N–H and O–H groups in total. The summed E-state index contributed by atoms with van der Waals surface area (Å²) in [4.78, 5) is 15.2. The van der Waals surface area contributed by atoms with Crippen molar-refractivity contribution in [2.45, 2.75) is 38.6 Å². The van der Waals surface area contributed by atoms with E-state index in [4.69, 9.17) is 23.2 Å². The predicted molar refractivity (Wildman–Crippen MR) is 107 cm³/mol. The molecule has 0 radical (unpaired) electrons. The molecular formula is C20H20BrCl2NO. The van der Waals surface area contributed by atoms with Gasteiger partial charge in [0, 0.05) is 17.6 Å². The van der Waals surface area contributed by atoms with E-state index in [1.165, 1.54) is 11.1 Å². The third kappa shape index (κ3) is 3.89. The summed E-state index contributed by atoms with van der Waals surface area (Å²) in [5, 5.41) is 0.981. The molecule has 0 saturated carbocycles. The van der Waals surface area contributed by atoms with Gasteiger partial charge in [-0.15, -0.1) is 0 Å². The zero-order valence-electron chi connectivity index (χ0n) is 14.3. The third-order valence-corrected chi connectivity index (χ3v) is 6.10. The van der Waals surface area contributed by atoms with Crippen molar-refractivity contribution in [1.82, 2.24) is 4.90 Å². The zero-order chi connectivity index (χ0) is 18.2. The van der Waals surface area contributed by atoms with Crippen LogP contribution in [0.4, 0.5) is 0 Å². The van der Waals surface area contributed by atoms with Crippen LogP contribution >= 0.6 is 39.1 Å². The normalized spacial score (nSPS) is 14.8. The Kier molecular flexibility index (Phi) is 5.48. The molecule has 0 saturated heterocycles. The predicted octanol–water partition coefficient (Wildman–Crippen LogP) is 6.01. The van der Waals surface area contributed by atoms with Gasteiger partial charge >= 0.3 is 0 Å². The van der Waals surface area contributed by atoms with Crippen LogP contribution < -0.4 is 0 Å². The first-order valence-corrected chi connectivity index (χ1v) is 9.86. The molecule has 1 heterocycles. The largest absolute Gasteiger partial charge is 0.338 e. The second-order valence-corrected chi connectivity index (χ2v) is 8.73. The van der Waals surface area contributed by atoms with Gasteiger partial charge < -0.3 is 4.90 Å². The SMILES string of the molecule is CC(C)(C(=O)N1CCCc2cc(Br)ccc2C1)c1ccc(Cl)c(Cl)c1. The molecule has 0 unspecified atom stereocenters. The van der Waals surface area contributed by atoms with Crippen molar-refractivity contribution >= 4 is 45.0 Å². The molecule has 2 aromatic rings. The van der Waals surface area contributed by atoms with Crippen LogP contribution in [-0.4, -0.2) is 17.4 Å². The monoisotopic (exact) mass is 439 g/mol. The van der Waals surface area contributed by atoms with Crippen LogP contribution in [0, 0.1) is 0 Å². The number of nitrogens with zero attached hydrogens (tertiary/aromatic N) is 1. The number of carbonyl (C=O) groups is 1. The molecule has 2 aromatic carbocycles. The van der Waals surface area contributed by atoms with Gasteiger partial charge in [-0.05, 0) is 67.6 Å². The van der Waals surface area contributed by atoms with E-state index in [0.717, 1.165) is 29.4 Å². The summed E-state index contributed by atoms with van der Waals surface area (Å²) in [5.74, 6) is 0.113. The lowest BCUT2D eigenvalue weighted by molar-refractivity contribution is -0.136. The minimum Gasteiger partial charge on any atom is -0.338 e. The third-order valence-electron chi connectivity index (χ3n) is 4.87. The molecule has 1 aliphatic heterocycles. The highest BCUT2D eigenvalue weighted by molar-refractivity contribution is 9.10. The number of rotatable bonds is 2. The molecule has 3 rings (SSSR count). The van der Waals surface area contributed by atoms with Gasteiger partial charge in [0.2, 0.25) is 5.91 Å². The van der Waals surface area contributed by atoms with E-state index in [9.17, 15) is 4.79 Å². The second-order valence-electron chi connectivity index (χ2n) is 7.00. The summed E-state index contributed by atoms with van der Waals surface area (Å²) in [6.45, 7) is 5.30. The Balaban J connectivity index is 1.88. The maximum atomic E-state index is 13.3. The van der Waals surface area contributed by atoms with Crippen LogP contribution in [0.2, 0.25) is 10.0 Å². The van der Waals surface area contributed by atoms with Gasteiger partial charge in [-0.25, -0.2) is 0 Å². The van der Waals surface area contributed by atoms with Gasteiger partial charge in [0.05, 0.1) is 15.5 Å². The second kappa shape index (κ2) is 7.30. The number of halogens is 3. The lowest BCUT2D eigenvalue weighted by atomic mass is 9.83. The number of fused-ring (bicyclic) bond motifs is 1. The Hall–Kier alpha value is -1.03. The molecule has 25 heavy (non-hydrogen) atoms. The van der Waals surface area contributed by atoms with Crippen LogP contribution in [-0.2, 0) is 23.2 Å². The van der Waals surface area contributed by atoms with Gasteiger partial charge in [-0.3, -0.25) is 4.79 Å². The molecule has 0 aromatic heterocycles. The van der Waals surface area contributed by atoms with Crippen LogP contribution in [0.25, 0.3) is 0 Å². The Bertz CT molecular complexity index is 819. The first-order valence-electron chi connectivity index (χ1n) is 8.31. The Morgan fingerprint density at radius 1 is 1.08 bits per heavy atom. The molecule has 0 atom stereocenters. The minimum atomic E-state index is -0.659. The summed E-state index contributed by atoms with van der Waals surface area (Å²) < 4.78 is 1.09. The van der Waals surface area contributed by atoms with Crippen molar-refractivity contribution < 1.29 is 4.79 Å². The van der Waals surface area contributed by atoms with Crippen molar-refractivity contribution in [2.75, 3.05) is 6.54 Å². The summed E-state index contributed by atoms with van der Waals surface area (Å²) in [6, 6.07) is 11.7. The Morgan fingerprint density at radius 3 is 2.56 bits per heavy atom. The molecule has 0 fully saturated rings. The topological polar surface area (TPSA) is 20.3 Å². The highest BCUT2D eigenvalue weighted by Crippen LogP contribution is 2.33. The van der Waals surface area contributed by atoms with Gasteiger partial charge in [-0.1, -0.05) is 51.3 Å². The number of amides is 1. The van der Waals surface area contributed by atoms with Crippen molar-refractivity contribution in [1.29, 1.82) is 0 Å². The van der Waals surface area contributed by atoms with Gasteiger partial charge in [0.1, 0.15) is 0 Å². The zero-order valence-corrected chi connectivity index (χ0v) is 17.4. The summed E-state index contributed by atoms with van der Waals surface area (Å²) in [6.07, 6.45) is 1.96. The number of benzene rings is 2. The standard InChI is InChI=1S/C20H20BrCl2NO/c1-20(2,15-6-8-17(22)18(23)11-15)19(25)24-9-3-4-13-10-16(21)7-5-14(13)12-24/h5-8,10-11H,3-4,9,12H2,1-2H3. The Labute approximate surface area is 167 Å². The van der Waals surface area contributed by atoms with Gasteiger partial charge in [0.15, 0.2) is 0 Å². The quantitative estimate of drug-likeness (QED) is 0.559. The molecule has 132 valence electrons. The average Bonchev–Trinajstić information content (AvgIpc) is 2.78. The molecule has 5 heteroatoms. The van der Waals surface area contributed by atoms with Crippen LogP contribution in [0.5, 0.6) is 0 Å². The van der Waals surface area contributed by atoms with Crippen molar-refractivity contribution in [3.05, 3.63) is 67.6 Å². The molecular weight excluding hydrogens is 421 g/mol. The Morgan fingerprint density at radius 2 is 1.84 bits per heavy atom. The average molecular weight is 441 g/mol. The van der Waals surface area contributed by atoms with E-state index >= 15 is 0 Å². The number of hydrogen-bond donors (Lipinski definition) is 0. The maximum Gasteiger partial charge on any atom is 0.232 e. The molecule has 1 amide bonds. The van der Waals surface area contributed by atoms with E-state index in [-0.39, 0.29) is 5.91 Å². The fourth-order valence-electron chi connectivity index (χ4n) is 3.30. The number of hydrogen-bond acceptors (Lipinski definition) is 1. The first kappa shape index (κ1) is 18.8. The summed E-state index contributed by atoms with van der Waals surface area (Å²) in [7, 11) is 0. The molecule has 0 aliphatic carbocycles. The fraction of sp³-hybridized carbons (Fsp3) is 0.350. The molecule has 0 spiro atoms. The summed E-state index contributed by atoms with van der Waals surface area (Å²) in [5.41, 5.74) is 2.76. The smallest absolute Gasteiger partial charge is 0.232 e. The lowest BCUT2D eigenvalue weighted by Gasteiger charge is -2.32. The number of carbonyl (C=O) groups excluding carboxylic acids is 1. The highest BCUT2D eigenvalue weighted by atomic mass is 79.9. The van der Waals surface area contributed by atoms with Crippen LogP contribution in [0.1, 0.15) is 37.0 Å². The minimum absolute atomic E-state index is 0.113. The van der Waals surface area contributed by atoms with Crippen molar-refractivity contribution in [2.24, 2.45) is 0 Å². The maximum absolute atomic E-state index is 13.3. The van der Waals surface area contributed by atoms with Crippen LogP contribution in [0.15, 0.2) is 40.9 Å². The molecule has 2 nitrogen and oxygen atoms in total. The van der Waals surface area contributed by atoms with E-state index in [1.54, 1.807) is 12.1 Å². The van der Waals surface area contributed by atoms with E-state index in [0.29, 0.717) is 16.6 Å². The van der Waals surface area contributed by atoms with Gasteiger partial charge in [-0.2, -0.15) is 0 Å². The van der Waals surface area contributed by atoms with Gasteiger partial charge in [0.25, 0.3) is 0 Å². The van der Waals surface area contributed by atoms with Crippen molar-refractivity contribution in [3.63, 3.8) is 0 Å². The van der Waals surface area contributed by atoms with E-state index in [2.05, 4.69) is 28.1 Å². The van der Waals surface area contributed by atoms with E-state index in [1.807, 2.05) is 30.9 Å². The number of aryl methyl sites for hydroxylation is 1. The highest BCUT2D eigenvalue weighted by Gasteiger charge is 2.35. The molecule has 1 aliphatic rings. The fourth-order valence-corrected chi connectivity index (χ4v) is 4.01.